The summed E-state index contributed by atoms with van der Waals surface area (Å²) in [6, 6.07) is 0.912. The van der Waals surface area contributed by atoms with Crippen LogP contribution >= 0.6 is 0 Å². The van der Waals surface area contributed by atoms with Crippen molar-refractivity contribution in [2.75, 3.05) is 26.7 Å². The molecule has 0 spiro atoms. The SMILES string of the molecule is CN1CCNCC2CCC21. The molecule has 0 amide bonds. The maximum absolute atomic E-state index is 3.47. The highest BCUT2D eigenvalue weighted by Crippen LogP contribution is 2.31. The van der Waals surface area contributed by atoms with Crippen molar-refractivity contribution in [1.82, 2.24) is 10.2 Å². The zero-order chi connectivity index (χ0) is 6.97. The van der Waals surface area contributed by atoms with Crippen molar-refractivity contribution in [3.05, 3.63) is 0 Å². The van der Waals surface area contributed by atoms with Gasteiger partial charge >= 0.3 is 0 Å². The van der Waals surface area contributed by atoms with Crippen LogP contribution in [0.4, 0.5) is 0 Å². The van der Waals surface area contributed by atoms with E-state index in [1.165, 1.54) is 32.5 Å². The maximum atomic E-state index is 3.47. The van der Waals surface area contributed by atoms with E-state index in [2.05, 4.69) is 17.3 Å². The first kappa shape index (κ1) is 6.62. The van der Waals surface area contributed by atoms with Gasteiger partial charge in [-0.15, -0.1) is 0 Å². The van der Waals surface area contributed by atoms with Gasteiger partial charge in [0, 0.05) is 19.1 Å². The Morgan fingerprint density at radius 2 is 2.30 bits per heavy atom. The molecule has 58 valence electrons. The van der Waals surface area contributed by atoms with E-state index in [1.54, 1.807) is 0 Å². The minimum atomic E-state index is 0.912. The number of likely N-dealkylation sites (N-methyl/N-ethyl adjacent to an activating group) is 1. The lowest BCUT2D eigenvalue weighted by Gasteiger charge is -2.40. The van der Waals surface area contributed by atoms with E-state index in [0.717, 1.165) is 12.0 Å². The first-order valence-corrected chi connectivity index (χ1v) is 4.29. The molecule has 0 bridgehead atoms. The molecule has 2 nitrogen and oxygen atoms in total. The minimum absolute atomic E-state index is 0.912. The summed E-state index contributed by atoms with van der Waals surface area (Å²) >= 11 is 0. The van der Waals surface area contributed by atoms with Gasteiger partial charge < -0.3 is 10.2 Å². The summed E-state index contributed by atoms with van der Waals surface area (Å²) in [5.74, 6) is 0.965. The van der Waals surface area contributed by atoms with Crippen molar-refractivity contribution in [1.29, 1.82) is 0 Å². The van der Waals surface area contributed by atoms with Crippen molar-refractivity contribution < 1.29 is 0 Å². The second kappa shape index (κ2) is 2.51. The van der Waals surface area contributed by atoms with Crippen LogP contribution in [0.5, 0.6) is 0 Å². The van der Waals surface area contributed by atoms with E-state index in [0.29, 0.717) is 0 Å². The molecule has 2 heteroatoms. The minimum Gasteiger partial charge on any atom is -0.315 e. The lowest BCUT2D eigenvalue weighted by molar-refractivity contribution is 0.106. The molecule has 1 heterocycles. The molecule has 0 aromatic carbocycles. The number of nitrogens with zero attached hydrogens (tertiary/aromatic N) is 1. The number of hydrogen-bond acceptors (Lipinski definition) is 2. The van der Waals surface area contributed by atoms with Gasteiger partial charge in [-0.2, -0.15) is 0 Å². The van der Waals surface area contributed by atoms with E-state index in [1.807, 2.05) is 0 Å². The predicted molar refractivity (Wildman–Crippen MR) is 42.0 cm³/mol. The van der Waals surface area contributed by atoms with Gasteiger partial charge in [-0.25, -0.2) is 0 Å². The molecule has 1 N–H and O–H groups in total. The van der Waals surface area contributed by atoms with Crippen LogP contribution in [0.25, 0.3) is 0 Å². The monoisotopic (exact) mass is 140 g/mol. The van der Waals surface area contributed by atoms with Gasteiger partial charge in [0.15, 0.2) is 0 Å². The normalized spacial score (nSPS) is 41.7. The van der Waals surface area contributed by atoms with E-state index in [9.17, 15) is 0 Å². The van der Waals surface area contributed by atoms with E-state index in [4.69, 9.17) is 0 Å². The molecular formula is C8H16N2. The molecule has 0 aromatic rings. The Balaban J connectivity index is 1.98. The quantitative estimate of drug-likeness (QED) is 0.520. The second-order valence-corrected chi connectivity index (χ2v) is 3.59. The summed E-state index contributed by atoms with van der Waals surface area (Å²) in [6.45, 7) is 3.68. The molecule has 0 radical (unpaired) electrons. The Kier molecular flexibility index (Phi) is 1.66. The number of rotatable bonds is 0. The molecule has 1 saturated heterocycles. The van der Waals surface area contributed by atoms with Crippen LogP contribution in [0, 0.1) is 5.92 Å². The highest BCUT2D eigenvalue weighted by Gasteiger charge is 2.34. The topological polar surface area (TPSA) is 15.3 Å². The van der Waals surface area contributed by atoms with Crippen molar-refractivity contribution in [2.45, 2.75) is 18.9 Å². The molecule has 2 aliphatic rings. The molecule has 1 saturated carbocycles. The van der Waals surface area contributed by atoms with Crippen molar-refractivity contribution in [2.24, 2.45) is 5.92 Å². The van der Waals surface area contributed by atoms with Gasteiger partial charge in [0.05, 0.1) is 0 Å². The Labute approximate surface area is 62.6 Å². The molecule has 2 unspecified atom stereocenters. The summed E-state index contributed by atoms with van der Waals surface area (Å²) in [5, 5.41) is 3.47. The summed E-state index contributed by atoms with van der Waals surface area (Å²) < 4.78 is 0. The number of fused-ring (bicyclic) bond motifs is 1. The third kappa shape index (κ3) is 0.956. The van der Waals surface area contributed by atoms with Gasteiger partial charge in [-0.1, -0.05) is 0 Å². The van der Waals surface area contributed by atoms with Gasteiger partial charge in [0.1, 0.15) is 0 Å². The predicted octanol–water partition coefficient (Wildman–Crippen LogP) is 0.300. The van der Waals surface area contributed by atoms with Crippen LogP contribution in [-0.2, 0) is 0 Å². The standard InChI is InChI=1S/C8H16N2/c1-10-5-4-9-6-7-2-3-8(7)10/h7-9H,2-6H2,1H3. The zero-order valence-corrected chi connectivity index (χ0v) is 6.64. The second-order valence-electron chi connectivity index (χ2n) is 3.59. The fourth-order valence-electron chi connectivity index (χ4n) is 2.08. The Bertz CT molecular complexity index is 116. The third-order valence-corrected chi connectivity index (χ3v) is 2.99. The lowest BCUT2D eigenvalue weighted by Crippen LogP contribution is -2.45. The van der Waals surface area contributed by atoms with Gasteiger partial charge in [0.25, 0.3) is 0 Å². The van der Waals surface area contributed by atoms with Crippen LogP contribution < -0.4 is 5.32 Å². The average Bonchev–Trinajstić information content (AvgIpc) is 1.92. The summed E-state index contributed by atoms with van der Waals surface area (Å²) in [5.41, 5.74) is 0. The average molecular weight is 140 g/mol. The van der Waals surface area contributed by atoms with Crippen LogP contribution in [0.15, 0.2) is 0 Å². The third-order valence-electron chi connectivity index (χ3n) is 2.99. The summed E-state index contributed by atoms with van der Waals surface area (Å²) in [7, 11) is 2.25. The Morgan fingerprint density at radius 1 is 1.40 bits per heavy atom. The van der Waals surface area contributed by atoms with Gasteiger partial charge in [0.2, 0.25) is 0 Å². The van der Waals surface area contributed by atoms with Crippen LogP contribution in [0.1, 0.15) is 12.8 Å². The molecule has 2 atom stereocenters. The van der Waals surface area contributed by atoms with E-state index in [-0.39, 0.29) is 0 Å². The summed E-state index contributed by atoms with van der Waals surface area (Å²) in [4.78, 5) is 2.51. The number of hydrogen-bond donors (Lipinski definition) is 1. The molecule has 2 fully saturated rings. The van der Waals surface area contributed by atoms with Crippen LogP contribution in [0.3, 0.4) is 0 Å². The van der Waals surface area contributed by atoms with Gasteiger partial charge in [-0.3, -0.25) is 0 Å². The highest BCUT2D eigenvalue weighted by molar-refractivity contribution is 4.90. The Morgan fingerprint density at radius 3 is 3.00 bits per heavy atom. The molecule has 1 aliphatic carbocycles. The lowest BCUT2D eigenvalue weighted by atomic mass is 9.79. The number of nitrogens with one attached hydrogen (secondary N) is 1. The van der Waals surface area contributed by atoms with Crippen molar-refractivity contribution >= 4 is 0 Å². The van der Waals surface area contributed by atoms with Gasteiger partial charge in [-0.05, 0) is 32.4 Å². The Hall–Kier alpha value is -0.0800. The molecule has 1 aliphatic heterocycles. The largest absolute Gasteiger partial charge is 0.315 e. The van der Waals surface area contributed by atoms with Crippen molar-refractivity contribution in [3.63, 3.8) is 0 Å². The molecule has 2 rings (SSSR count). The first-order valence-electron chi connectivity index (χ1n) is 4.29. The fraction of sp³-hybridized carbons (Fsp3) is 1.00. The molecular weight excluding hydrogens is 124 g/mol. The fourth-order valence-corrected chi connectivity index (χ4v) is 2.08. The first-order chi connectivity index (χ1) is 4.88. The van der Waals surface area contributed by atoms with E-state index >= 15 is 0 Å². The molecule has 10 heavy (non-hydrogen) atoms. The molecule has 0 aromatic heterocycles. The van der Waals surface area contributed by atoms with Crippen LogP contribution in [0.2, 0.25) is 0 Å². The maximum Gasteiger partial charge on any atom is 0.0133 e. The zero-order valence-electron chi connectivity index (χ0n) is 6.64. The van der Waals surface area contributed by atoms with E-state index < -0.39 is 0 Å². The van der Waals surface area contributed by atoms with Crippen LogP contribution in [-0.4, -0.2) is 37.6 Å². The summed E-state index contributed by atoms with van der Waals surface area (Å²) in [6.07, 6.45) is 2.88. The highest BCUT2D eigenvalue weighted by atomic mass is 15.2. The van der Waals surface area contributed by atoms with Crippen molar-refractivity contribution in [3.8, 4) is 0 Å². The smallest absolute Gasteiger partial charge is 0.0133 e.